The van der Waals surface area contributed by atoms with Gasteiger partial charge in [-0.2, -0.15) is 0 Å². The van der Waals surface area contributed by atoms with Gasteiger partial charge in [-0.15, -0.1) is 0 Å². The largest absolute Gasteiger partial charge is 0.399 e. The van der Waals surface area contributed by atoms with E-state index in [1.54, 1.807) is 5.56 Å². The molecule has 4 atom stereocenters. The Kier molecular flexibility index (Phi) is 8.82. The molecule has 4 fully saturated rings. The average Bonchev–Trinajstić information content (AvgIpc) is 3.63. The lowest BCUT2D eigenvalue weighted by atomic mass is 9.59. The quantitative estimate of drug-likeness (QED) is 0.310. The fourth-order valence-corrected chi connectivity index (χ4v) is 10.9. The Morgan fingerprint density at radius 2 is 1.20 bits per heavy atom. The Balaban J connectivity index is 0.000000145. The summed E-state index contributed by atoms with van der Waals surface area (Å²) in [6, 6.07) is 11.1. The Morgan fingerprint density at radius 3 is 1.73 bits per heavy atom. The number of hydrogen-bond acceptors (Lipinski definition) is 6. The lowest BCUT2D eigenvalue weighted by molar-refractivity contribution is -0.199. The maximum Gasteiger partial charge on any atom is 0.168 e. The number of ether oxygens (including phenoxy) is 4. The van der Waals surface area contributed by atoms with E-state index >= 15 is 0 Å². The van der Waals surface area contributed by atoms with E-state index in [0.717, 1.165) is 87.2 Å². The van der Waals surface area contributed by atoms with Gasteiger partial charge in [0.1, 0.15) is 0 Å². The SMILES string of the molecule is CC[C@@]12CCC3(C[C@@H]1CCCc1cc(N)c(Br)cc12)OCCO3.CC[C@@]12CCC3(C[C@@H]1CCCc1cc(N)ccc12)OCCO3. The van der Waals surface area contributed by atoms with Gasteiger partial charge >= 0.3 is 0 Å². The maximum atomic E-state index is 6.16. The summed E-state index contributed by atoms with van der Waals surface area (Å²) in [6.07, 6.45) is 16.2. The highest BCUT2D eigenvalue weighted by atomic mass is 79.9. The molecule has 6 aliphatic rings. The highest BCUT2D eigenvalue weighted by Crippen LogP contribution is 2.57. The molecule has 7 heteroatoms. The minimum atomic E-state index is -0.293. The Bertz CT molecular complexity index is 1390. The van der Waals surface area contributed by atoms with Crippen molar-refractivity contribution in [1.82, 2.24) is 0 Å². The number of hydrogen-bond donors (Lipinski definition) is 2. The van der Waals surface area contributed by atoms with Crippen LogP contribution in [0.3, 0.4) is 0 Å². The van der Waals surface area contributed by atoms with Gasteiger partial charge in [0, 0.05) is 41.5 Å². The summed E-state index contributed by atoms with van der Waals surface area (Å²) in [5.41, 5.74) is 20.5. The third kappa shape index (κ3) is 5.56. The van der Waals surface area contributed by atoms with E-state index in [0.29, 0.717) is 17.3 Å². The van der Waals surface area contributed by atoms with Crippen LogP contribution in [0.2, 0.25) is 0 Å². The summed E-state index contributed by atoms with van der Waals surface area (Å²) in [5, 5.41) is 0. The molecule has 2 saturated carbocycles. The normalized spacial score (nSPS) is 32.8. The molecule has 0 unspecified atom stereocenters. The van der Waals surface area contributed by atoms with Gasteiger partial charge in [-0.3, -0.25) is 0 Å². The first-order chi connectivity index (χ1) is 21.8. The molecular weight excluding hydrogens is 628 g/mol. The maximum absolute atomic E-state index is 6.16. The molecule has 0 radical (unpaired) electrons. The first kappa shape index (κ1) is 31.9. The van der Waals surface area contributed by atoms with Crippen molar-refractivity contribution >= 4 is 27.3 Å². The zero-order valence-electron chi connectivity index (χ0n) is 27.4. The molecule has 2 aromatic rings. The molecule has 45 heavy (non-hydrogen) atoms. The van der Waals surface area contributed by atoms with Gasteiger partial charge in [0.15, 0.2) is 11.6 Å². The number of aryl methyl sites for hydroxylation is 2. The number of halogens is 1. The molecule has 2 aliphatic heterocycles. The molecule has 6 nitrogen and oxygen atoms in total. The van der Waals surface area contributed by atoms with E-state index in [1.165, 1.54) is 61.6 Å². The van der Waals surface area contributed by atoms with Gasteiger partial charge in [-0.1, -0.05) is 19.9 Å². The monoisotopic (exact) mass is 680 g/mol. The molecule has 0 amide bonds. The number of nitrogen functional groups attached to an aromatic ring is 2. The van der Waals surface area contributed by atoms with Crippen molar-refractivity contribution in [2.75, 3.05) is 37.9 Å². The molecule has 2 aromatic carbocycles. The third-order valence-electron chi connectivity index (χ3n) is 12.9. The molecule has 246 valence electrons. The summed E-state index contributed by atoms with van der Waals surface area (Å²) in [4.78, 5) is 0. The van der Waals surface area contributed by atoms with E-state index in [-0.39, 0.29) is 17.0 Å². The van der Waals surface area contributed by atoms with E-state index in [1.807, 2.05) is 0 Å². The van der Waals surface area contributed by atoms with Crippen LogP contribution in [0.4, 0.5) is 11.4 Å². The van der Waals surface area contributed by atoms with Crippen LogP contribution < -0.4 is 11.5 Å². The van der Waals surface area contributed by atoms with E-state index in [2.05, 4.69) is 60.1 Å². The molecule has 2 saturated heterocycles. The second-order valence-corrected chi connectivity index (χ2v) is 15.6. The number of anilines is 2. The van der Waals surface area contributed by atoms with E-state index < -0.39 is 0 Å². The lowest BCUT2D eigenvalue weighted by Crippen LogP contribution is -2.48. The molecular formula is C38H53BrN2O4. The Labute approximate surface area is 278 Å². The Morgan fingerprint density at radius 1 is 0.689 bits per heavy atom. The molecule has 4 N–H and O–H groups in total. The number of rotatable bonds is 2. The van der Waals surface area contributed by atoms with Crippen LogP contribution in [-0.4, -0.2) is 38.0 Å². The third-order valence-corrected chi connectivity index (χ3v) is 13.6. The van der Waals surface area contributed by atoms with Crippen LogP contribution in [0.25, 0.3) is 0 Å². The number of fused-ring (bicyclic) bond motifs is 6. The summed E-state index contributed by atoms with van der Waals surface area (Å²) < 4.78 is 25.2. The predicted molar refractivity (Wildman–Crippen MR) is 183 cm³/mol. The smallest absolute Gasteiger partial charge is 0.168 e. The van der Waals surface area contributed by atoms with Crippen molar-refractivity contribution in [1.29, 1.82) is 0 Å². The fraction of sp³-hybridized carbons (Fsp3) is 0.684. The van der Waals surface area contributed by atoms with Gasteiger partial charge in [0.25, 0.3) is 0 Å². The van der Waals surface area contributed by atoms with Crippen molar-refractivity contribution in [2.45, 2.75) is 126 Å². The standard InChI is InChI=1S/C19H26BrNO2.C19H27NO2/c1-2-18-6-7-19(22-8-9-23-19)12-14(18)5-3-4-13-10-17(21)16(20)11-15(13)18;1-2-18-8-9-19(21-10-11-22-19)13-15(18)5-3-4-14-12-16(20)6-7-17(14)18/h10-11,14H,2-9,12,21H2,1H3;6-7,12,15H,2-5,8-11,13,20H2,1H3/t14-,18+;15-,18+/m00/s1. The zero-order valence-corrected chi connectivity index (χ0v) is 29.0. The second-order valence-electron chi connectivity index (χ2n) is 14.8. The number of nitrogens with two attached hydrogens (primary N) is 2. The fourth-order valence-electron chi connectivity index (χ4n) is 10.6. The molecule has 2 heterocycles. The highest BCUT2D eigenvalue weighted by molar-refractivity contribution is 9.10. The van der Waals surface area contributed by atoms with Crippen molar-refractivity contribution in [3.63, 3.8) is 0 Å². The van der Waals surface area contributed by atoms with Crippen molar-refractivity contribution in [2.24, 2.45) is 11.8 Å². The van der Waals surface area contributed by atoms with Crippen LogP contribution in [0.1, 0.15) is 113 Å². The highest BCUT2D eigenvalue weighted by Gasteiger charge is 2.54. The van der Waals surface area contributed by atoms with Gasteiger partial charge in [0.2, 0.25) is 0 Å². The van der Waals surface area contributed by atoms with Crippen molar-refractivity contribution in [3.05, 3.63) is 57.1 Å². The minimum absolute atomic E-state index is 0.253. The summed E-state index contributed by atoms with van der Waals surface area (Å²) >= 11 is 3.66. The van der Waals surface area contributed by atoms with Crippen LogP contribution in [-0.2, 0) is 42.6 Å². The van der Waals surface area contributed by atoms with E-state index in [9.17, 15) is 0 Å². The topological polar surface area (TPSA) is 89.0 Å². The van der Waals surface area contributed by atoms with Gasteiger partial charge in [-0.05, 0) is 149 Å². The Hall–Kier alpha value is -1.64. The predicted octanol–water partition coefficient (Wildman–Crippen LogP) is 8.35. The average molecular weight is 682 g/mol. The van der Waals surface area contributed by atoms with Crippen molar-refractivity contribution < 1.29 is 18.9 Å². The minimum Gasteiger partial charge on any atom is -0.399 e. The summed E-state index contributed by atoms with van der Waals surface area (Å²) in [5.74, 6) is 0.728. The van der Waals surface area contributed by atoms with Gasteiger partial charge in [-0.25, -0.2) is 0 Å². The van der Waals surface area contributed by atoms with Gasteiger partial charge < -0.3 is 30.4 Å². The molecule has 2 spiro atoms. The number of benzene rings is 2. The molecule has 8 rings (SSSR count). The lowest BCUT2D eigenvalue weighted by Gasteiger charge is -2.49. The van der Waals surface area contributed by atoms with Crippen LogP contribution in [0.5, 0.6) is 0 Å². The van der Waals surface area contributed by atoms with Crippen LogP contribution >= 0.6 is 15.9 Å². The second kappa shape index (κ2) is 12.4. The molecule has 0 aromatic heterocycles. The van der Waals surface area contributed by atoms with Crippen molar-refractivity contribution in [3.8, 4) is 0 Å². The zero-order chi connectivity index (χ0) is 31.3. The van der Waals surface area contributed by atoms with Crippen LogP contribution in [0.15, 0.2) is 34.8 Å². The van der Waals surface area contributed by atoms with Crippen LogP contribution in [0, 0.1) is 11.8 Å². The van der Waals surface area contributed by atoms with Gasteiger partial charge in [0.05, 0.1) is 26.4 Å². The first-order valence-electron chi connectivity index (χ1n) is 17.8. The summed E-state index contributed by atoms with van der Waals surface area (Å²) in [7, 11) is 0. The summed E-state index contributed by atoms with van der Waals surface area (Å²) in [6.45, 7) is 7.74. The molecule has 4 aliphatic carbocycles. The van der Waals surface area contributed by atoms with E-state index in [4.69, 9.17) is 30.4 Å². The first-order valence-corrected chi connectivity index (χ1v) is 18.6. The molecule has 0 bridgehead atoms.